The Kier molecular flexibility index (Phi) is 8.63. The molecule has 0 aliphatic heterocycles. The maximum Gasteiger partial charge on any atom is 0.408 e. The predicted octanol–water partition coefficient (Wildman–Crippen LogP) is 2.63. The standard InChI is InChI=1S/C24H21N7O7S/c32-20(18(10-23(33)34)26-24(35)38-13-15-5-2-1-3-6-15)12-30-21(27-28-29-30)11-22-25-19(14-39-22)16-7-4-8-17(9-16)31(36)37/h1-9,14,18H,10-13H2,(H,26,35)(H,33,34). The third kappa shape index (κ3) is 7.48. The summed E-state index contributed by atoms with van der Waals surface area (Å²) in [6.45, 7) is -0.452. The third-order valence-corrected chi connectivity index (χ3v) is 6.25. The largest absolute Gasteiger partial charge is 0.481 e. The normalized spacial score (nSPS) is 11.5. The molecule has 1 amide bonds. The number of alkyl carbamates (subject to hydrolysis) is 1. The number of aliphatic carboxylic acids is 1. The van der Waals surface area contributed by atoms with E-state index in [9.17, 15) is 29.6 Å². The molecule has 2 aromatic carbocycles. The molecule has 1 unspecified atom stereocenters. The Morgan fingerprint density at radius 1 is 1.15 bits per heavy atom. The molecule has 4 aromatic rings. The minimum absolute atomic E-state index is 0.0517. The Labute approximate surface area is 224 Å². The molecule has 0 bridgehead atoms. The predicted molar refractivity (Wildman–Crippen MR) is 136 cm³/mol. The maximum absolute atomic E-state index is 12.9. The topological polar surface area (TPSA) is 192 Å². The fourth-order valence-corrected chi connectivity index (χ4v) is 4.30. The molecule has 39 heavy (non-hydrogen) atoms. The molecule has 0 saturated carbocycles. The van der Waals surface area contributed by atoms with E-state index in [2.05, 4.69) is 25.8 Å². The number of amides is 1. The van der Waals surface area contributed by atoms with Crippen molar-refractivity contribution in [2.24, 2.45) is 0 Å². The highest BCUT2D eigenvalue weighted by atomic mass is 32.1. The van der Waals surface area contributed by atoms with E-state index in [0.717, 1.165) is 5.56 Å². The number of ether oxygens (including phenoxy) is 1. The van der Waals surface area contributed by atoms with Crippen LogP contribution in [0, 0.1) is 10.1 Å². The molecule has 15 heteroatoms. The second-order valence-corrected chi connectivity index (χ2v) is 9.13. The summed E-state index contributed by atoms with van der Waals surface area (Å²) < 4.78 is 6.30. The van der Waals surface area contributed by atoms with Gasteiger partial charge in [0.1, 0.15) is 24.2 Å². The molecule has 0 aliphatic rings. The minimum Gasteiger partial charge on any atom is -0.481 e. The van der Waals surface area contributed by atoms with Crippen LogP contribution in [0.15, 0.2) is 60.0 Å². The molecular weight excluding hydrogens is 530 g/mol. The van der Waals surface area contributed by atoms with Gasteiger partial charge in [0.15, 0.2) is 11.6 Å². The number of tetrazole rings is 1. The molecule has 2 aromatic heterocycles. The van der Waals surface area contributed by atoms with Gasteiger partial charge >= 0.3 is 12.1 Å². The number of nitro benzene ring substituents is 1. The van der Waals surface area contributed by atoms with Gasteiger partial charge in [0.05, 0.1) is 23.5 Å². The van der Waals surface area contributed by atoms with Crippen molar-refractivity contribution in [2.75, 3.05) is 0 Å². The van der Waals surface area contributed by atoms with Crippen LogP contribution in [0.1, 0.15) is 22.8 Å². The summed E-state index contributed by atoms with van der Waals surface area (Å²) in [5.74, 6) is -1.65. The first-order valence-electron chi connectivity index (χ1n) is 11.4. The van der Waals surface area contributed by atoms with Gasteiger partial charge in [-0.05, 0) is 16.0 Å². The quantitative estimate of drug-likeness (QED) is 0.194. The molecule has 4 rings (SSSR count). The molecule has 200 valence electrons. The number of carbonyl (C=O) groups excluding carboxylic acids is 2. The van der Waals surface area contributed by atoms with Crippen molar-refractivity contribution in [2.45, 2.75) is 32.0 Å². The zero-order valence-electron chi connectivity index (χ0n) is 20.2. The molecule has 1 atom stereocenters. The lowest BCUT2D eigenvalue weighted by molar-refractivity contribution is -0.384. The van der Waals surface area contributed by atoms with Crippen LogP contribution >= 0.6 is 11.3 Å². The zero-order valence-corrected chi connectivity index (χ0v) is 21.0. The number of ketones is 1. The highest BCUT2D eigenvalue weighted by molar-refractivity contribution is 7.10. The van der Waals surface area contributed by atoms with Crippen LogP contribution in [0.4, 0.5) is 10.5 Å². The number of thiazole rings is 1. The number of carboxylic acid groups (broad SMARTS) is 1. The summed E-state index contributed by atoms with van der Waals surface area (Å²) in [5, 5.41) is 36.3. The second-order valence-electron chi connectivity index (χ2n) is 8.19. The van der Waals surface area contributed by atoms with Crippen molar-refractivity contribution in [1.29, 1.82) is 0 Å². The van der Waals surface area contributed by atoms with Crippen LogP contribution in [0.2, 0.25) is 0 Å². The Balaban J connectivity index is 1.40. The lowest BCUT2D eigenvalue weighted by atomic mass is 10.1. The SMILES string of the molecule is O=C(O)CC(NC(=O)OCc1ccccc1)C(=O)Cn1nnnc1Cc1nc(-c2cccc([N+](=O)[O-])c2)cs1. The summed E-state index contributed by atoms with van der Waals surface area (Å²) in [7, 11) is 0. The minimum atomic E-state index is -1.37. The number of Topliss-reactive ketones (excluding diaryl/α,β-unsaturated/α-hetero) is 1. The molecule has 0 aliphatic carbocycles. The van der Waals surface area contributed by atoms with Gasteiger partial charge in [0, 0.05) is 23.1 Å². The average molecular weight is 552 g/mol. The highest BCUT2D eigenvalue weighted by Gasteiger charge is 2.26. The van der Waals surface area contributed by atoms with Crippen molar-refractivity contribution < 1.29 is 29.2 Å². The molecule has 0 saturated heterocycles. The number of nitrogens with zero attached hydrogens (tertiary/aromatic N) is 6. The Morgan fingerprint density at radius 2 is 1.95 bits per heavy atom. The van der Waals surface area contributed by atoms with Gasteiger partial charge in [0.2, 0.25) is 0 Å². The van der Waals surface area contributed by atoms with E-state index in [1.165, 1.54) is 28.2 Å². The van der Waals surface area contributed by atoms with Gasteiger partial charge in [-0.1, -0.05) is 42.5 Å². The lowest BCUT2D eigenvalue weighted by Crippen LogP contribution is -2.44. The van der Waals surface area contributed by atoms with Gasteiger partial charge < -0.3 is 15.2 Å². The van der Waals surface area contributed by atoms with E-state index < -0.39 is 41.8 Å². The zero-order chi connectivity index (χ0) is 27.8. The smallest absolute Gasteiger partial charge is 0.408 e. The molecular formula is C24H21N7O7S. The van der Waals surface area contributed by atoms with E-state index in [1.54, 1.807) is 41.8 Å². The number of aromatic nitrogens is 5. The van der Waals surface area contributed by atoms with Crippen LogP contribution in [-0.4, -0.2) is 59.1 Å². The summed E-state index contributed by atoms with van der Waals surface area (Å²) in [6.07, 6.45) is -1.45. The van der Waals surface area contributed by atoms with Crippen LogP contribution in [0.25, 0.3) is 11.3 Å². The van der Waals surface area contributed by atoms with Crippen LogP contribution < -0.4 is 5.32 Å². The van der Waals surface area contributed by atoms with Crippen molar-refractivity contribution in [3.8, 4) is 11.3 Å². The number of nitrogens with one attached hydrogen (secondary N) is 1. The van der Waals surface area contributed by atoms with E-state index in [-0.39, 0.29) is 24.5 Å². The molecule has 0 radical (unpaired) electrons. The lowest BCUT2D eigenvalue weighted by Gasteiger charge is -2.16. The van der Waals surface area contributed by atoms with Crippen LogP contribution in [-0.2, 0) is 33.9 Å². The molecule has 0 spiro atoms. The third-order valence-electron chi connectivity index (χ3n) is 5.40. The number of carboxylic acids is 1. The fraction of sp³-hybridized carbons (Fsp3) is 0.208. The van der Waals surface area contributed by atoms with Gasteiger partial charge in [-0.2, -0.15) is 0 Å². The van der Waals surface area contributed by atoms with Gasteiger partial charge in [-0.3, -0.25) is 19.7 Å². The van der Waals surface area contributed by atoms with Crippen LogP contribution in [0.5, 0.6) is 0 Å². The number of benzene rings is 2. The highest BCUT2D eigenvalue weighted by Crippen LogP contribution is 2.26. The summed E-state index contributed by atoms with van der Waals surface area (Å²) in [5.41, 5.74) is 1.78. The molecule has 14 nitrogen and oxygen atoms in total. The Morgan fingerprint density at radius 3 is 2.69 bits per heavy atom. The van der Waals surface area contributed by atoms with Gasteiger partial charge in [0.25, 0.3) is 5.69 Å². The number of hydrogen-bond donors (Lipinski definition) is 2. The Hall–Kier alpha value is -5.05. The van der Waals surface area contributed by atoms with Crippen molar-refractivity contribution in [3.63, 3.8) is 0 Å². The average Bonchev–Trinajstić information content (AvgIpc) is 3.57. The van der Waals surface area contributed by atoms with E-state index in [1.807, 2.05) is 6.07 Å². The fourth-order valence-electron chi connectivity index (χ4n) is 3.50. The van der Waals surface area contributed by atoms with Gasteiger partial charge in [-0.25, -0.2) is 14.5 Å². The summed E-state index contributed by atoms with van der Waals surface area (Å²) in [6, 6.07) is 13.6. The van der Waals surface area contributed by atoms with E-state index in [0.29, 0.717) is 16.3 Å². The molecule has 0 fully saturated rings. The van der Waals surface area contributed by atoms with E-state index >= 15 is 0 Å². The Bertz CT molecular complexity index is 1490. The van der Waals surface area contributed by atoms with Crippen LogP contribution in [0.3, 0.4) is 0 Å². The number of non-ortho nitro benzene ring substituents is 1. The summed E-state index contributed by atoms with van der Waals surface area (Å²) >= 11 is 1.29. The first-order chi connectivity index (χ1) is 18.8. The molecule has 2 heterocycles. The molecule has 2 N–H and O–H groups in total. The number of rotatable bonds is 12. The van der Waals surface area contributed by atoms with E-state index in [4.69, 9.17) is 4.74 Å². The second kappa shape index (κ2) is 12.5. The maximum atomic E-state index is 12.9. The number of nitro groups is 1. The van der Waals surface area contributed by atoms with Crippen molar-refractivity contribution in [3.05, 3.63) is 86.5 Å². The van der Waals surface area contributed by atoms with Crippen molar-refractivity contribution >= 4 is 34.9 Å². The summed E-state index contributed by atoms with van der Waals surface area (Å²) in [4.78, 5) is 51.5. The van der Waals surface area contributed by atoms with Gasteiger partial charge in [-0.15, -0.1) is 16.4 Å². The first-order valence-corrected chi connectivity index (χ1v) is 12.3. The van der Waals surface area contributed by atoms with Crippen molar-refractivity contribution in [1.82, 2.24) is 30.5 Å². The number of hydrogen-bond acceptors (Lipinski definition) is 11. The monoisotopic (exact) mass is 551 g/mol. The first kappa shape index (κ1) is 27.0. The number of carbonyl (C=O) groups is 3.